The zero-order valence-electron chi connectivity index (χ0n) is 13.2. The van der Waals surface area contributed by atoms with Gasteiger partial charge in [0.25, 0.3) is 11.8 Å². The molecule has 0 atom stereocenters. The summed E-state index contributed by atoms with van der Waals surface area (Å²) in [5, 5.41) is 8.00. The number of benzene rings is 1. The summed E-state index contributed by atoms with van der Waals surface area (Å²) in [7, 11) is 0. The Kier molecular flexibility index (Phi) is 4.07. The highest BCUT2D eigenvalue weighted by atomic mass is 32.1. The van der Waals surface area contributed by atoms with Gasteiger partial charge in [-0.05, 0) is 37.1 Å². The lowest BCUT2D eigenvalue weighted by molar-refractivity contribution is 0.0952. The van der Waals surface area contributed by atoms with Crippen molar-refractivity contribution >= 4 is 28.8 Å². The molecule has 7 heteroatoms. The third-order valence-electron chi connectivity index (χ3n) is 3.80. The van der Waals surface area contributed by atoms with E-state index >= 15 is 0 Å². The van der Waals surface area contributed by atoms with E-state index in [0.717, 1.165) is 12.8 Å². The maximum absolute atomic E-state index is 12.5. The van der Waals surface area contributed by atoms with Gasteiger partial charge in [0.2, 0.25) is 0 Å². The lowest BCUT2D eigenvalue weighted by Gasteiger charge is -2.10. The second-order valence-corrected chi connectivity index (χ2v) is 6.62. The number of para-hydroxylation sites is 1. The second-order valence-electron chi connectivity index (χ2n) is 5.76. The lowest BCUT2D eigenvalue weighted by atomic mass is 10.1. The zero-order chi connectivity index (χ0) is 17.2. The first kappa shape index (κ1) is 15.6. The first-order valence-corrected chi connectivity index (χ1v) is 8.79. The molecule has 1 saturated carbocycles. The van der Waals surface area contributed by atoms with Crippen molar-refractivity contribution in [1.82, 2.24) is 10.3 Å². The van der Waals surface area contributed by atoms with Crippen molar-refractivity contribution < 1.29 is 14.0 Å². The number of carbonyl (C=O) groups excluding carboxylic acids is 2. The average molecular weight is 353 g/mol. The van der Waals surface area contributed by atoms with Gasteiger partial charge >= 0.3 is 0 Å². The number of hydrogen-bond acceptors (Lipinski definition) is 5. The van der Waals surface area contributed by atoms with Gasteiger partial charge in [0, 0.05) is 11.4 Å². The van der Waals surface area contributed by atoms with Crippen LogP contribution in [0.5, 0.6) is 0 Å². The van der Waals surface area contributed by atoms with Crippen molar-refractivity contribution in [3.63, 3.8) is 0 Å². The number of rotatable bonds is 5. The van der Waals surface area contributed by atoms with Crippen LogP contribution in [0.15, 0.2) is 52.5 Å². The second kappa shape index (κ2) is 6.52. The van der Waals surface area contributed by atoms with Crippen molar-refractivity contribution in [2.75, 3.05) is 5.32 Å². The molecule has 0 saturated heterocycles. The van der Waals surface area contributed by atoms with E-state index in [2.05, 4.69) is 15.6 Å². The topological polar surface area (TPSA) is 84.2 Å². The van der Waals surface area contributed by atoms with Gasteiger partial charge in [-0.15, -0.1) is 11.3 Å². The Morgan fingerprint density at radius 1 is 1.12 bits per heavy atom. The number of nitrogens with one attached hydrogen (secondary N) is 2. The molecule has 25 heavy (non-hydrogen) atoms. The molecule has 0 radical (unpaired) electrons. The van der Waals surface area contributed by atoms with Gasteiger partial charge in [0.15, 0.2) is 10.8 Å². The van der Waals surface area contributed by atoms with Gasteiger partial charge < -0.3 is 15.1 Å². The molecule has 1 aliphatic rings. The predicted octanol–water partition coefficient (Wildman–Crippen LogP) is 3.55. The minimum absolute atomic E-state index is 0.173. The first-order valence-electron chi connectivity index (χ1n) is 7.91. The van der Waals surface area contributed by atoms with Gasteiger partial charge in [0.1, 0.15) is 5.69 Å². The van der Waals surface area contributed by atoms with E-state index in [-0.39, 0.29) is 23.6 Å². The maximum Gasteiger partial charge on any atom is 0.275 e. The van der Waals surface area contributed by atoms with Crippen LogP contribution in [-0.4, -0.2) is 22.8 Å². The Bertz CT molecular complexity index is 913. The Hall–Kier alpha value is -2.93. The maximum atomic E-state index is 12.5. The molecule has 2 aromatic heterocycles. The summed E-state index contributed by atoms with van der Waals surface area (Å²) in [6, 6.07) is 10.8. The average Bonchev–Trinajstić information content (AvgIpc) is 3.09. The third kappa shape index (κ3) is 3.46. The van der Waals surface area contributed by atoms with E-state index < -0.39 is 0 Å². The van der Waals surface area contributed by atoms with Crippen LogP contribution < -0.4 is 10.6 Å². The normalized spacial score (nSPS) is 13.4. The molecule has 4 rings (SSSR count). The Balaban J connectivity index is 1.52. The number of carbonyl (C=O) groups is 2. The minimum Gasteiger partial charge on any atom is -0.462 e. The number of anilines is 1. The van der Waals surface area contributed by atoms with Crippen molar-refractivity contribution in [2.45, 2.75) is 18.9 Å². The molecule has 1 aliphatic carbocycles. The number of hydrogen-bond donors (Lipinski definition) is 2. The first-order chi connectivity index (χ1) is 12.2. The highest BCUT2D eigenvalue weighted by molar-refractivity contribution is 7.13. The Morgan fingerprint density at radius 2 is 1.96 bits per heavy atom. The summed E-state index contributed by atoms with van der Waals surface area (Å²) >= 11 is 1.33. The van der Waals surface area contributed by atoms with Crippen LogP contribution in [-0.2, 0) is 0 Å². The molecular weight excluding hydrogens is 338 g/mol. The molecule has 0 aliphatic heterocycles. The highest BCUT2D eigenvalue weighted by Gasteiger charge is 2.25. The van der Waals surface area contributed by atoms with Crippen LogP contribution in [0.3, 0.4) is 0 Å². The molecule has 0 bridgehead atoms. The van der Waals surface area contributed by atoms with E-state index in [9.17, 15) is 9.59 Å². The summed E-state index contributed by atoms with van der Waals surface area (Å²) in [6.07, 6.45) is 3.58. The molecule has 2 amide bonds. The molecule has 1 aromatic carbocycles. The van der Waals surface area contributed by atoms with E-state index in [1.165, 1.54) is 11.3 Å². The van der Waals surface area contributed by atoms with Crippen molar-refractivity contribution in [2.24, 2.45) is 0 Å². The molecule has 2 heterocycles. The lowest BCUT2D eigenvalue weighted by Crippen LogP contribution is -2.27. The van der Waals surface area contributed by atoms with Crippen LogP contribution in [0.4, 0.5) is 5.69 Å². The molecular formula is C18H15N3O3S. The predicted molar refractivity (Wildman–Crippen MR) is 94.7 cm³/mol. The van der Waals surface area contributed by atoms with Crippen molar-refractivity contribution in [1.29, 1.82) is 0 Å². The van der Waals surface area contributed by atoms with E-state index in [0.29, 0.717) is 22.0 Å². The summed E-state index contributed by atoms with van der Waals surface area (Å²) in [5.41, 5.74) is 1.20. The summed E-state index contributed by atoms with van der Waals surface area (Å²) in [5.74, 6) is 0.0851. The Labute approximate surface area is 147 Å². The van der Waals surface area contributed by atoms with Crippen molar-refractivity contribution in [3.05, 3.63) is 59.3 Å². The molecule has 0 spiro atoms. The van der Waals surface area contributed by atoms with Crippen LogP contribution in [0.2, 0.25) is 0 Å². The van der Waals surface area contributed by atoms with E-state index in [1.807, 2.05) is 0 Å². The van der Waals surface area contributed by atoms with Gasteiger partial charge in [-0.2, -0.15) is 0 Å². The van der Waals surface area contributed by atoms with Gasteiger partial charge in [-0.3, -0.25) is 9.59 Å². The molecule has 126 valence electrons. The SMILES string of the molecule is O=C(Nc1ccccc1C(=O)NC1CC1)c1csc(-c2ccco2)n1. The van der Waals surface area contributed by atoms with E-state index in [1.54, 1.807) is 48.0 Å². The van der Waals surface area contributed by atoms with E-state index in [4.69, 9.17) is 4.42 Å². The summed E-state index contributed by atoms with van der Waals surface area (Å²) in [6.45, 7) is 0. The summed E-state index contributed by atoms with van der Waals surface area (Å²) in [4.78, 5) is 29.1. The molecule has 2 N–H and O–H groups in total. The highest BCUT2D eigenvalue weighted by Crippen LogP contribution is 2.25. The fraction of sp³-hybridized carbons (Fsp3) is 0.167. The van der Waals surface area contributed by atoms with Gasteiger partial charge in [-0.25, -0.2) is 4.98 Å². The summed E-state index contributed by atoms with van der Waals surface area (Å²) < 4.78 is 5.29. The monoisotopic (exact) mass is 353 g/mol. The molecule has 3 aromatic rings. The fourth-order valence-corrected chi connectivity index (χ4v) is 3.13. The molecule has 0 unspecified atom stereocenters. The van der Waals surface area contributed by atoms with Crippen LogP contribution in [0, 0.1) is 0 Å². The number of nitrogens with zero attached hydrogens (tertiary/aromatic N) is 1. The smallest absolute Gasteiger partial charge is 0.275 e. The zero-order valence-corrected chi connectivity index (χ0v) is 14.0. The fourth-order valence-electron chi connectivity index (χ4n) is 2.36. The number of aromatic nitrogens is 1. The van der Waals surface area contributed by atoms with Gasteiger partial charge in [0.05, 0.1) is 17.5 Å². The van der Waals surface area contributed by atoms with Crippen LogP contribution >= 0.6 is 11.3 Å². The minimum atomic E-state index is -0.360. The van der Waals surface area contributed by atoms with Crippen LogP contribution in [0.1, 0.15) is 33.7 Å². The molecule has 1 fully saturated rings. The number of amides is 2. The largest absolute Gasteiger partial charge is 0.462 e. The number of furan rings is 1. The molecule has 6 nitrogen and oxygen atoms in total. The third-order valence-corrected chi connectivity index (χ3v) is 4.66. The van der Waals surface area contributed by atoms with Gasteiger partial charge in [-0.1, -0.05) is 12.1 Å². The standard InChI is InChI=1S/C18H15N3O3S/c22-16(19-11-7-8-11)12-4-1-2-5-13(12)20-17(23)14-10-25-18(21-14)15-6-3-9-24-15/h1-6,9-11H,7-8H2,(H,19,22)(H,20,23). The quantitative estimate of drug-likeness (QED) is 0.735. The van der Waals surface area contributed by atoms with Crippen LogP contribution in [0.25, 0.3) is 10.8 Å². The Morgan fingerprint density at radius 3 is 2.72 bits per heavy atom. The van der Waals surface area contributed by atoms with Crippen molar-refractivity contribution in [3.8, 4) is 10.8 Å². The number of thiazole rings is 1.